The molecule has 0 unspecified atom stereocenters. The maximum absolute atomic E-state index is 7.44. The summed E-state index contributed by atoms with van der Waals surface area (Å²) in [5, 5.41) is 17.4. The molecule has 0 spiro atoms. The van der Waals surface area contributed by atoms with Crippen LogP contribution in [0.15, 0.2) is 24.3 Å². The van der Waals surface area contributed by atoms with Crippen molar-refractivity contribution < 1.29 is 0 Å². The Hall–Kier alpha value is -2.76. The number of hydrogen-bond donors (Lipinski definition) is 4. The van der Waals surface area contributed by atoms with Crippen molar-refractivity contribution in [3.05, 3.63) is 35.4 Å². The van der Waals surface area contributed by atoms with Gasteiger partial charge in [0.25, 0.3) is 0 Å². The van der Waals surface area contributed by atoms with Gasteiger partial charge in [0.2, 0.25) is 5.95 Å². The summed E-state index contributed by atoms with van der Waals surface area (Å²) in [5.74, 6) is 0.724. The van der Waals surface area contributed by atoms with Gasteiger partial charge in [0.1, 0.15) is 5.82 Å². The molecule has 0 saturated carbocycles. The molecule has 0 aliphatic heterocycles. The monoisotopic (exact) mass is 282 g/mol. The van der Waals surface area contributed by atoms with Crippen molar-refractivity contribution in [2.45, 2.75) is 13.8 Å². The molecule has 108 valence electrons. The van der Waals surface area contributed by atoms with E-state index in [0.29, 0.717) is 5.82 Å². The summed E-state index contributed by atoms with van der Waals surface area (Å²) >= 11 is 0. The zero-order valence-electron chi connectivity index (χ0n) is 12.1. The van der Waals surface area contributed by atoms with Gasteiger partial charge in [-0.25, -0.2) is 4.98 Å². The third-order valence-corrected chi connectivity index (χ3v) is 3.26. The molecular weight excluding hydrogens is 264 g/mol. The van der Waals surface area contributed by atoms with Gasteiger partial charge in [-0.05, 0) is 25.0 Å². The van der Waals surface area contributed by atoms with E-state index in [4.69, 9.17) is 16.6 Å². The van der Waals surface area contributed by atoms with Gasteiger partial charge in [-0.15, -0.1) is 0 Å². The number of rotatable bonds is 5. The second kappa shape index (κ2) is 6.13. The highest BCUT2D eigenvalue weighted by Gasteiger charge is 2.08. The molecule has 0 aliphatic rings. The van der Waals surface area contributed by atoms with Crippen molar-refractivity contribution in [3.63, 3.8) is 0 Å². The normalized spacial score (nSPS) is 10.2. The second-order valence-corrected chi connectivity index (χ2v) is 4.77. The summed E-state index contributed by atoms with van der Waals surface area (Å²) in [4.78, 5) is 8.38. The minimum atomic E-state index is 0.167. The number of benzene rings is 1. The van der Waals surface area contributed by atoms with Crippen LogP contribution in [0.5, 0.6) is 0 Å². The average molecular weight is 282 g/mol. The molecule has 1 aromatic carbocycles. The Morgan fingerprint density at radius 2 is 2.10 bits per heavy atom. The lowest BCUT2D eigenvalue weighted by Gasteiger charge is -2.11. The molecule has 5 N–H and O–H groups in total. The molecule has 0 atom stereocenters. The van der Waals surface area contributed by atoms with Crippen LogP contribution in [0.2, 0.25) is 0 Å². The van der Waals surface area contributed by atoms with E-state index in [2.05, 4.69) is 15.3 Å². The van der Waals surface area contributed by atoms with E-state index in [1.165, 1.54) is 5.56 Å². The summed E-state index contributed by atoms with van der Waals surface area (Å²) in [6.45, 7) is 4.32. The van der Waals surface area contributed by atoms with E-state index in [1.54, 1.807) is 6.07 Å². The van der Waals surface area contributed by atoms with E-state index in [1.807, 2.05) is 32.0 Å². The average Bonchev–Trinajstić information content (AvgIpc) is 2.47. The Morgan fingerprint density at radius 1 is 1.33 bits per heavy atom. The molecule has 0 amide bonds. The van der Waals surface area contributed by atoms with Crippen LogP contribution in [0, 0.1) is 24.7 Å². The fourth-order valence-electron chi connectivity index (χ4n) is 1.96. The van der Waals surface area contributed by atoms with Gasteiger partial charge in [0.05, 0.1) is 18.0 Å². The van der Waals surface area contributed by atoms with E-state index in [9.17, 15) is 0 Å². The standard InChI is InChI=1S/C15H18N6/c1-9-4-3-5-12(10(9)2)13-6-14(21-15(18)20-13)19-8-11(17)7-16/h3-7,16-17H,8H2,1-2H3,(H3,18,19,20,21). The smallest absolute Gasteiger partial charge is 0.222 e. The van der Waals surface area contributed by atoms with E-state index in [0.717, 1.165) is 23.0 Å². The van der Waals surface area contributed by atoms with Crippen LogP contribution in [0.3, 0.4) is 0 Å². The van der Waals surface area contributed by atoms with Crippen LogP contribution < -0.4 is 11.1 Å². The number of nitrogen functional groups attached to an aromatic ring is 1. The highest BCUT2D eigenvalue weighted by molar-refractivity contribution is 6.29. The Morgan fingerprint density at radius 3 is 2.81 bits per heavy atom. The minimum absolute atomic E-state index is 0.167. The maximum atomic E-state index is 7.44. The zero-order chi connectivity index (χ0) is 15.4. The second-order valence-electron chi connectivity index (χ2n) is 4.77. The largest absolute Gasteiger partial charge is 0.368 e. The predicted octanol–water partition coefficient (Wildman–Crippen LogP) is 2.42. The van der Waals surface area contributed by atoms with Gasteiger partial charge in [-0.2, -0.15) is 4.98 Å². The highest BCUT2D eigenvalue weighted by Crippen LogP contribution is 2.25. The Balaban J connectivity index is 2.36. The minimum Gasteiger partial charge on any atom is -0.368 e. The Kier molecular flexibility index (Phi) is 4.27. The van der Waals surface area contributed by atoms with Gasteiger partial charge in [0, 0.05) is 17.8 Å². The number of nitrogens with one attached hydrogen (secondary N) is 3. The molecule has 6 nitrogen and oxygen atoms in total. The van der Waals surface area contributed by atoms with Gasteiger partial charge in [-0.3, -0.25) is 0 Å². The van der Waals surface area contributed by atoms with Crippen LogP contribution in [0.25, 0.3) is 11.3 Å². The number of nitrogens with two attached hydrogens (primary N) is 1. The molecule has 6 heteroatoms. The van der Waals surface area contributed by atoms with Gasteiger partial charge in [-0.1, -0.05) is 18.2 Å². The van der Waals surface area contributed by atoms with Crippen LogP contribution in [0.1, 0.15) is 11.1 Å². The first-order valence-electron chi connectivity index (χ1n) is 6.54. The first kappa shape index (κ1) is 14.6. The molecule has 1 heterocycles. The van der Waals surface area contributed by atoms with Gasteiger partial charge in [0.15, 0.2) is 0 Å². The van der Waals surface area contributed by atoms with Crippen LogP contribution in [-0.4, -0.2) is 28.4 Å². The summed E-state index contributed by atoms with van der Waals surface area (Å²) in [6.07, 6.45) is 0.989. The third-order valence-electron chi connectivity index (χ3n) is 3.26. The van der Waals surface area contributed by atoms with Crippen molar-refractivity contribution in [1.82, 2.24) is 9.97 Å². The first-order chi connectivity index (χ1) is 10.0. The number of aryl methyl sites for hydroxylation is 1. The van der Waals surface area contributed by atoms with Crippen molar-refractivity contribution >= 4 is 23.7 Å². The molecule has 0 aliphatic carbocycles. The molecular formula is C15H18N6. The lowest BCUT2D eigenvalue weighted by molar-refractivity contribution is 1.16. The third kappa shape index (κ3) is 3.42. The summed E-state index contributed by atoms with van der Waals surface area (Å²) < 4.78 is 0. The molecule has 0 saturated heterocycles. The van der Waals surface area contributed by atoms with Crippen LogP contribution in [0.4, 0.5) is 11.8 Å². The van der Waals surface area contributed by atoms with Gasteiger partial charge >= 0.3 is 0 Å². The number of nitrogens with zero attached hydrogens (tertiary/aromatic N) is 2. The molecule has 0 fully saturated rings. The predicted molar refractivity (Wildman–Crippen MR) is 86.4 cm³/mol. The Bertz CT molecular complexity index is 693. The summed E-state index contributed by atoms with van der Waals surface area (Å²) in [6, 6.07) is 7.82. The van der Waals surface area contributed by atoms with Crippen molar-refractivity contribution in [1.29, 1.82) is 10.8 Å². The highest BCUT2D eigenvalue weighted by atomic mass is 15.1. The summed E-state index contributed by atoms with van der Waals surface area (Å²) in [5.41, 5.74) is 10.0. The maximum Gasteiger partial charge on any atom is 0.222 e. The van der Waals surface area contributed by atoms with Crippen molar-refractivity contribution in [2.24, 2.45) is 0 Å². The van der Waals surface area contributed by atoms with Crippen molar-refractivity contribution in [3.8, 4) is 11.3 Å². The lowest BCUT2D eigenvalue weighted by atomic mass is 10.0. The first-order valence-corrected chi connectivity index (χ1v) is 6.54. The number of aromatic nitrogens is 2. The van der Waals surface area contributed by atoms with Crippen LogP contribution >= 0.6 is 0 Å². The number of anilines is 2. The lowest BCUT2D eigenvalue weighted by Crippen LogP contribution is -2.15. The topological polar surface area (TPSA) is 112 Å². The molecule has 2 aromatic rings. The molecule has 0 radical (unpaired) electrons. The van der Waals surface area contributed by atoms with Crippen molar-refractivity contribution in [2.75, 3.05) is 17.6 Å². The molecule has 0 bridgehead atoms. The Labute approximate surface area is 123 Å². The molecule has 21 heavy (non-hydrogen) atoms. The van der Waals surface area contributed by atoms with E-state index >= 15 is 0 Å². The zero-order valence-corrected chi connectivity index (χ0v) is 12.1. The van der Waals surface area contributed by atoms with Crippen LogP contribution in [-0.2, 0) is 0 Å². The quantitative estimate of drug-likeness (QED) is 0.631. The SMILES string of the molecule is Cc1cccc(-c2cc(NCC(=N)C=N)nc(N)n2)c1C. The van der Waals surface area contributed by atoms with Gasteiger partial charge < -0.3 is 21.9 Å². The molecule has 1 aromatic heterocycles. The van der Waals surface area contributed by atoms with E-state index < -0.39 is 0 Å². The fourth-order valence-corrected chi connectivity index (χ4v) is 1.96. The fraction of sp³-hybridized carbons (Fsp3) is 0.200. The summed E-state index contributed by atoms with van der Waals surface area (Å²) in [7, 11) is 0. The molecule has 2 rings (SSSR count). The number of hydrogen-bond acceptors (Lipinski definition) is 6. The van der Waals surface area contributed by atoms with E-state index in [-0.39, 0.29) is 18.2 Å².